The van der Waals surface area contributed by atoms with Crippen LogP contribution in [0.4, 0.5) is 0 Å². The maximum absolute atomic E-state index is 3.51. The van der Waals surface area contributed by atoms with E-state index in [0.717, 1.165) is 25.6 Å². The third kappa shape index (κ3) is 3.83. The minimum atomic E-state index is 0.749. The van der Waals surface area contributed by atoms with Crippen molar-refractivity contribution >= 4 is 0 Å². The van der Waals surface area contributed by atoms with Crippen LogP contribution in [0.25, 0.3) is 0 Å². The molecule has 2 heteroatoms. The standard InChI is InChI=1S/C15H24N2/c1-13-10-16-8-5-9-17(11-13)12-15-7-4-3-6-14(15)2/h3-4,6-7,13,16H,5,8-12H2,1-2H3. The van der Waals surface area contributed by atoms with Crippen LogP contribution < -0.4 is 5.32 Å². The van der Waals surface area contributed by atoms with E-state index in [2.05, 4.69) is 48.3 Å². The number of rotatable bonds is 2. The third-order valence-corrected chi connectivity index (χ3v) is 3.55. The first-order chi connectivity index (χ1) is 8.25. The number of hydrogen-bond acceptors (Lipinski definition) is 2. The number of benzene rings is 1. The molecule has 0 amide bonds. The minimum absolute atomic E-state index is 0.749. The molecule has 0 spiro atoms. The monoisotopic (exact) mass is 232 g/mol. The molecular weight excluding hydrogens is 208 g/mol. The number of aryl methyl sites for hydroxylation is 1. The van der Waals surface area contributed by atoms with Crippen molar-refractivity contribution in [3.63, 3.8) is 0 Å². The lowest BCUT2D eigenvalue weighted by atomic mass is 10.1. The van der Waals surface area contributed by atoms with Gasteiger partial charge in [0.1, 0.15) is 0 Å². The Bertz CT molecular complexity index is 349. The van der Waals surface area contributed by atoms with Crippen LogP contribution in [0.15, 0.2) is 24.3 Å². The largest absolute Gasteiger partial charge is 0.316 e. The average molecular weight is 232 g/mol. The molecule has 1 saturated heterocycles. The molecule has 0 bridgehead atoms. The second kappa shape index (κ2) is 6.18. The van der Waals surface area contributed by atoms with Gasteiger partial charge >= 0.3 is 0 Å². The third-order valence-electron chi connectivity index (χ3n) is 3.55. The van der Waals surface area contributed by atoms with Crippen molar-refractivity contribution in [1.82, 2.24) is 10.2 Å². The van der Waals surface area contributed by atoms with Crippen LogP contribution in [0.2, 0.25) is 0 Å². The normalized spacial score (nSPS) is 23.1. The van der Waals surface area contributed by atoms with Gasteiger partial charge in [0.2, 0.25) is 0 Å². The molecule has 1 fully saturated rings. The second-order valence-electron chi connectivity index (χ2n) is 5.32. The van der Waals surface area contributed by atoms with Gasteiger partial charge < -0.3 is 5.32 Å². The Hall–Kier alpha value is -0.860. The van der Waals surface area contributed by atoms with Crippen LogP contribution in [0, 0.1) is 12.8 Å². The molecule has 1 unspecified atom stereocenters. The Morgan fingerprint density at radius 1 is 1.35 bits per heavy atom. The van der Waals surface area contributed by atoms with E-state index >= 15 is 0 Å². The van der Waals surface area contributed by atoms with Crippen LogP contribution in [0.3, 0.4) is 0 Å². The summed E-state index contributed by atoms with van der Waals surface area (Å²) in [7, 11) is 0. The Balaban J connectivity index is 1.98. The van der Waals surface area contributed by atoms with Gasteiger partial charge in [-0.2, -0.15) is 0 Å². The molecule has 2 nitrogen and oxygen atoms in total. The van der Waals surface area contributed by atoms with Crippen LogP contribution in [0.1, 0.15) is 24.5 Å². The lowest BCUT2D eigenvalue weighted by Crippen LogP contribution is -2.38. The van der Waals surface area contributed by atoms with E-state index in [0.29, 0.717) is 0 Å². The molecule has 1 aliphatic heterocycles. The highest BCUT2D eigenvalue weighted by Gasteiger charge is 2.13. The first-order valence-corrected chi connectivity index (χ1v) is 6.73. The predicted molar refractivity (Wildman–Crippen MR) is 73.1 cm³/mol. The molecule has 1 atom stereocenters. The van der Waals surface area contributed by atoms with Gasteiger partial charge in [0.05, 0.1) is 0 Å². The first-order valence-electron chi connectivity index (χ1n) is 6.73. The minimum Gasteiger partial charge on any atom is -0.316 e. The van der Waals surface area contributed by atoms with E-state index < -0.39 is 0 Å². The summed E-state index contributed by atoms with van der Waals surface area (Å²) >= 11 is 0. The van der Waals surface area contributed by atoms with Gasteiger partial charge in [-0.05, 0) is 50.0 Å². The van der Waals surface area contributed by atoms with Gasteiger partial charge in [-0.1, -0.05) is 31.2 Å². The Morgan fingerprint density at radius 2 is 2.18 bits per heavy atom. The number of hydrogen-bond donors (Lipinski definition) is 1. The van der Waals surface area contributed by atoms with Gasteiger partial charge in [-0.25, -0.2) is 0 Å². The maximum Gasteiger partial charge on any atom is 0.0236 e. The summed E-state index contributed by atoms with van der Waals surface area (Å²) in [5.41, 5.74) is 2.90. The highest BCUT2D eigenvalue weighted by atomic mass is 15.1. The van der Waals surface area contributed by atoms with E-state index in [-0.39, 0.29) is 0 Å². The molecule has 0 aliphatic carbocycles. The lowest BCUT2D eigenvalue weighted by Gasteiger charge is -2.29. The van der Waals surface area contributed by atoms with E-state index in [1.165, 1.54) is 30.6 Å². The van der Waals surface area contributed by atoms with Crippen molar-refractivity contribution in [3.8, 4) is 0 Å². The zero-order valence-corrected chi connectivity index (χ0v) is 11.1. The SMILES string of the molecule is Cc1ccccc1CN1CCCNCC(C)C1. The summed E-state index contributed by atoms with van der Waals surface area (Å²) in [6.07, 6.45) is 1.26. The quantitative estimate of drug-likeness (QED) is 0.842. The Kier molecular flexibility index (Phi) is 4.57. The molecule has 1 aromatic carbocycles. The van der Waals surface area contributed by atoms with Crippen LogP contribution in [0.5, 0.6) is 0 Å². The van der Waals surface area contributed by atoms with Gasteiger partial charge in [0.15, 0.2) is 0 Å². The van der Waals surface area contributed by atoms with Gasteiger partial charge in [0.25, 0.3) is 0 Å². The molecule has 0 saturated carbocycles. The summed E-state index contributed by atoms with van der Waals surface area (Å²) in [4.78, 5) is 2.60. The van der Waals surface area contributed by atoms with Crippen molar-refractivity contribution < 1.29 is 0 Å². The highest BCUT2D eigenvalue weighted by Crippen LogP contribution is 2.13. The van der Waals surface area contributed by atoms with E-state index in [4.69, 9.17) is 0 Å². The average Bonchev–Trinajstić information content (AvgIpc) is 2.28. The first kappa shape index (κ1) is 12.6. The predicted octanol–water partition coefficient (Wildman–Crippen LogP) is 2.43. The van der Waals surface area contributed by atoms with Crippen molar-refractivity contribution in [2.45, 2.75) is 26.8 Å². The van der Waals surface area contributed by atoms with Crippen molar-refractivity contribution in [2.24, 2.45) is 5.92 Å². The molecule has 17 heavy (non-hydrogen) atoms. The van der Waals surface area contributed by atoms with Crippen LogP contribution in [-0.4, -0.2) is 31.1 Å². The number of nitrogens with zero attached hydrogens (tertiary/aromatic N) is 1. The van der Waals surface area contributed by atoms with Crippen LogP contribution in [-0.2, 0) is 6.54 Å². The summed E-state index contributed by atoms with van der Waals surface area (Å²) in [6.45, 7) is 10.4. The fourth-order valence-electron chi connectivity index (χ4n) is 2.54. The molecule has 1 heterocycles. The summed E-state index contributed by atoms with van der Waals surface area (Å²) in [6, 6.07) is 8.75. The van der Waals surface area contributed by atoms with E-state index in [1.807, 2.05) is 0 Å². The summed E-state index contributed by atoms with van der Waals surface area (Å²) < 4.78 is 0. The molecule has 1 aliphatic rings. The summed E-state index contributed by atoms with van der Waals surface area (Å²) in [5.74, 6) is 0.749. The molecule has 0 aromatic heterocycles. The van der Waals surface area contributed by atoms with Gasteiger partial charge in [-0.3, -0.25) is 4.90 Å². The number of nitrogens with one attached hydrogen (secondary N) is 1. The summed E-state index contributed by atoms with van der Waals surface area (Å²) in [5, 5.41) is 3.51. The van der Waals surface area contributed by atoms with Crippen molar-refractivity contribution in [1.29, 1.82) is 0 Å². The topological polar surface area (TPSA) is 15.3 Å². The van der Waals surface area contributed by atoms with Gasteiger partial charge in [0, 0.05) is 13.1 Å². The molecule has 1 N–H and O–H groups in total. The Morgan fingerprint density at radius 3 is 3.00 bits per heavy atom. The van der Waals surface area contributed by atoms with Crippen LogP contribution >= 0.6 is 0 Å². The fraction of sp³-hybridized carbons (Fsp3) is 0.600. The molecule has 2 rings (SSSR count). The zero-order chi connectivity index (χ0) is 12.1. The van der Waals surface area contributed by atoms with Crippen molar-refractivity contribution in [2.75, 3.05) is 26.2 Å². The fourth-order valence-corrected chi connectivity index (χ4v) is 2.54. The Labute approximate surface area is 105 Å². The molecule has 94 valence electrons. The second-order valence-corrected chi connectivity index (χ2v) is 5.32. The molecular formula is C15H24N2. The van der Waals surface area contributed by atoms with E-state index in [9.17, 15) is 0 Å². The van der Waals surface area contributed by atoms with Crippen molar-refractivity contribution in [3.05, 3.63) is 35.4 Å². The highest BCUT2D eigenvalue weighted by molar-refractivity contribution is 5.25. The van der Waals surface area contributed by atoms with Gasteiger partial charge in [-0.15, -0.1) is 0 Å². The molecule has 1 aromatic rings. The smallest absolute Gasteiger partial charge is 0.0236 e. The maximum atomic E-state index is 3.51. The van der Waals surface area contributed by atoms with E-state index in [1.54, 1.807) is 0 Å². The zero-order valence-electron chi connectivity index (χ0n) is 11.1. The lowest BCUT2D eigenvalue weighted by molar-refractivity contribution is 0.208. The molecule has 0 radical (unpaired) electrons.